The van der Waals surface area contributed by atoms with Gasteiger partial charge >= 0.3 is 31.0 Å². The summed E-state index contributed by atoms with van der Waals surface area (Å²) >= 11 is 0. The van der Waals surface area contributed by atoms with Crippen LogP contribution < -0.4 is 39.8 Å². The molecule has 4 nitrogen and oxygen atoms in total. The Morgan fingerprint density at radius 1 is 1.36 bits per heavy atom. The SMILES string of the molecule is CCCC(C(=O)[O-])C(=O)[O-].[H+].[Na+]. The molecule has 0 aromatic rings. The van der Waals surface area contributed by atoms with E-state index in [1.54, 1.807) is 6.92 Å². The van der Waals surface area contributed by atoms with E-state index in [9.17, 15) is 19.8 Å². The van der Waals surface area contributed by atoms with Crippen molar-refractivity contribution in [2.45, 2.75) is 19.8 Å². The minimum atomic E-state index is -1.57. The van der Waals surface area contributed by atoms with Gasteiger partial charge in [0.05, 0.1) is 11.9 Å². The third-order valence-corrected chi connectivity index (χ3v) is 1.15. The number of aliphatic carboxylic acids is 2. The van der Waals surface area contributed by atoms with Crippen molar-refractivity contribution in [1.82, 2.24) is 0 Å². The average molecular weight is 168 g/mol. The molecule has 0 aliphatic heterocycles. The van der Waals surface area contributed by atoms with Gasteiger partial charge in [-0.3, -0.25) is 0 Å². The van der Waals surface area contributed by atoms with Crippen molar-refractivity contribution in [1.29, 1.82) is 0 Å². The molecule has 0 atom stereocenters. The second kappa shape index (κ2) is 6.64. The number of hydrogen-bond donors (Lipinski definition) is 0. The zero-order chi connectivity index (χ0) is 8.15. The van der Waals surface area contributed by atoms with Crippen LogP contribution in [-0.4, -0.2) is 11.9 Å². The summed E-state index contributed by atoms with van der Waals surface area (Å²) in [4.78, 5) is 20.0. The first-order valence-corrected chi connectivity index (χ1v) is 3.01. The Morgan fingerprint density at radius 2 is 1.73 bits per heavy atom. The fourth-order valence-corrected chi connectivity index (χ4v) is 0.621. The van der Waals surface area contributed by atoms with Gasteiger partial charge < -0.3 is 19.8 Å². The average Bonchev–Trinajstić information content (AvgIpc) is 1.81. The maximum Gasteiger partial charge on any atom is 1.00 e. The Labute approximate surface area is 88.4 Å². The smallest absolute Gasteiger partial charge is 0.549 e. The zero-order valence-corrected chi connectivity index (χ0v) is 8.62. The molecule has 5 heteroatoms. The van der Waals surface area contributed by atoms with E-state index >= 15 is 0 Å². The summed E-state index contributed by atoms with van der Waals surface area (Å²) in [6, 6.07) is 0. The molecule has 58 valence electrons. The predicted molar refractivity (Wildman–Crippen MR) is 29.5 cm³/mol. The van der Waals surface area contributed by atoms with Gasteiger partial charge in [0.25, 0.3) is 0 Å². The first-order chi connectivity index (χ1) is 4.59. The standard InChI is InChI=1S/C6H10O4.Na/c1-2-3-4(5(7)8)6(9)10;/h4H,2-3H2,1H3,(H,7,8)(H,9,10);/q;+1/p-1. The molecule has 0 N–H and O–H groups in total. The molecule has 0 saturated heterocycles. The van der Waals surface area contributed by atoms with Crippen molar-refractivity contribution in [3.8, 4) is 0 Å². The summed E-state index contributed by atoms with van der Waals surface area (Å²) in [5, 5.41) is 20.0. The van der Waals surface area contributed by atoms with E-state index in [-0.39, 0.29) is 37.4 Å². The van der Waals surface area contributed by atoms with E-state index in [2.05, 4.69) is 0 Å². The predicted octanol–water partition coefficient (Wildman–Crippen LogP) is -4.98. The largest absolute Gasteiger partial charge is 1.00 e. The summed E-state index contributed by atoms with van der Waals surface area (Å²) in [5.41, 5.74) is 0. The van der Waals surface area contributed by atoms with Crippen molar-refractivity contribution in [3.05, 3.63) is 0 Å². The quantitative estimate of drug-likeness (QED) is 0.311. The van der Waals surface area contributed by atoms with E-state index in [1.165, 1.54) is 0 Å². The second-order valence-corrected chi connectivity index (χ2v) is 1.98. The third-order valence-electron chi connectivity index (χ3n) is 1.15. The Morgan fingerprint density at radius 3 is 1.82 bits per heavy atom. The topological polar surface area (TPSA) is 80.3 Å². The fraction of sp³-hybridized carbons (Fsp3) is 0.667. The molecule has 0 unspecified atom stereocenters. The third kappa shape index (κ3) is 5.24. The zero-order valence-electron chi connectivity index (χ0n) is 7.62. The minimum Gasteiger partial charge on any atom is -0.549 e. The Bertz CT molecular complexity index is 136. The van der Waals surface area contributed by atoms with Crippen LogP contribution in [0.5, 0.6) is 0 Å². The molecule has 0 aromatic carbocycles. The van der Waals surface area contributed by atoms with Crippen LogP contribution in [0.2, 0.25) is 0 Å². The van der Waals surface area contributed by atoms with Gasteiger partial charge in [-0.05, 0) is 6.42 Å². The molecule has 0 bridgehead atoms. The normalized spacial score (nSPS) is 8.91. The molecule has 0 saturated carbocycles. The molecule has 0 fully saturated rings. The van der Waals surface area contributed by atoms with E-state index in [1.807, 2.05) is 0 Å². The Balaban J connectivity index is -0.000000405. The van der Waals surface area contributed by atoms with Gasteiger partial charge in [-0.2, -0.15) is 0 Å². The molecule has 11 heavy (non-hydrogen) atoms. The molecule has 0 amide bonds. The van der Waals surface area contributed by atoms with Gasteiger partial charge in [-0.25, -0.2) is 0 Å². The van der Waals surface area contributed by atoms with Crippen LogP contribution in [0.25, 0.3) is 0 Å². The summed E-state index contributed by atoms with van der Waals surface area (Å²) in [6.07, 6.45) is 0.567. The number of rotatable bonds is 4. The first-order valence-electron chi connectivity index (χ1n) is 3.01. The van der Waals surface area contributed by atoms with Crippen LogP contribution >= 0.6 is 0 Å². The molecule has 0 radical (unpaired) electrons. The van der Waals surface area contributed by atoms with Crippen LogP contribution in [0, 0.1) is 5.92 Å². The molecule has 0 rings (SSSR count). The monoisotopic (exact) mass is 168 g/mol. The molecule has 0 heterocycles. The van der Waals surface area contributed by atoms with E-state index < -0.39 is 17.9 Å². The van der Waals surface area contributed by atoms with Gasteiger partial charge in [-0.15, -0.1) is 0 Å². The van der Waals surface area contributed by atoms with Crippen molar-refractivity contribution in [2.75, 3.05) is 0 Å². The Kier molecular flexibility index (Phi) is 8.16. The van der Waals surface area contributed by atoms with Crippen LogP contribution in [-0.2, 0) is 9.59 Å². The van der Waals surface area contributed by atoms with Gasteiger partial charge in [-0.1, -0.05) is 13.3 Å². The minimum absolute atomic E-state index is 0. The first kappa shape index (κ1) is 13.5. The van der Waals surface area contributed by atoms with Crippen LogP contribution in [0.3, 0.4) is 0 Å². The fourth-order valence-electron chi connectivity index (χ4n) is 0.621. The van der Waals surface area contributed by atoms with Crippen molar-refractivity contribution in [2.24, 2.45) is 5.92 Å². The van der Waals surface area contributed by atoms with E-state index in [4.69, 9.17) is 0 Å². The second-order valence-electron chi connectivity index (χ2n) is 1.98. The van der Waals surface area contributed by atoms with Crippen LogP contribution in [0.4, 0.5) is 0 Å². The van der Waals surface area contributed by atoms with Crippen LogP contribution in [0.1, 0.15) is 21.2 Å². The van der Waals surface area contributed by atoms with Gasteiger partial charge in [0.15, 0.2) is 0 Å². The molecule has 0 aliphatic rings. The maximum absolute atomic E-state index is 10.00. The van der Waals surface area contributed by atoms with Crippen molar-refractivity contribution in [3.63, 3.8) is 0 Å². The Hall–Kier alpha value is -0.0600. The number of carbonyl (C=O) groups excluding carboxylic acids is 2. The van der Waals surface area contributed by atoms with Crippen molar-refractivity contribution < 1.29 is 50.8 Å². The maximum atomic E-state index is 10.00. The molecule has 0 spiro atoms. The van der Waals surface area contributed by atoms with E-state index in [0.29, 0.717) is 6.42 Å². The summed E-state index contributed by atoms with van der Waals surface area (Å²) in [7, 11) is 0. The summed E-state index contributed by atoms with van der Waals surface area (Å²) in [6.45, 7) is 1.69. The summed E-state index contributed by atoms with van der Waals surface area (Å²) in [5.74, 6) is -4.59. The summed E-state index contributed by atoms with van der Waals surface area (Å²) < 4.78 is 0. The van der Waals surface area contributed by atoms with Gasteiger partial charge in [0, 0.05) is 5.92 Å². The molecule has 0 aliphatic carbocycles. The number of carboxylic acids is 2. The molecular weight excluding hydrogens is 159 g/mol. The van der Waals surface area contributed by atoms with Gasteiger partial charge in [0.2, 0.25) is 0 Å². The van der Waals surface area contributed by atoms with Crippen LogP contribution in [0.15, 0.2) is 0 Å². The number of hydrogen-bond acceptors (Lipinski definition) is 4. The van der Waals surface area contributed by atoms with E-state index in [0.717, 1.165) is 0 Å². The van der Waals surface area contributed by atoms with Gasteiger partial charge in [0.1, 0.15) is 0 Å². The van der Waals surface area contributed by atoms with Crippen molar-refractivity contribution >= 4 is 11.9 Å². The molecule has 0 aromatic heterocycles. The number of carbonyl (C=O) groups is 2. The molecular formula is C6H9NaO4. The number of carboxylic acid groups (broad SMARTS) is 2.